The lowest BCUT2D eigenvalue weighted by molar-refractivity contribution is -0.142. The monoisotopic (exact) mass is 199 g/mol. The molecule has 2 unspecified atom stereocenters. The topological polar surface area (TPSA) is 58.9 Å². The van der Waals surface area contributed by atoms with Crippen LogP contribution >= 0.6 is 0 Å². The molecule has 0 radical (unpaired) electrons. The standard InChI is InChI=1S/C10H17NO3/c1-8-3-2-4-9(5-8)6-11-14-7-10(12)13/h6,8-9H,2-5,7H2,1H3,(H,12,13). The van der Waals surface area contributed by atoms with E-state index in [2.05, 4.69) is 16.9 Å². The molecule has 0 saturated heterocycles. The maximum atomic E-state index is 10.1. The van der Waals surface area contributed by atoms with Crippen LogP contribution in [0.3, 0.4) is 0 Å². The Labute approximate surface area is 83.9 Å². The number of hydrogen-bond donors (Lipinski definition) is 1. The average Bonchev–Trinajstić information content (AvgIpc) is 2.12. The van der Waals surface area contributed by atoms with E-state index in [1.165, 1.54) is 12.8 Å². The number of carboxylic acid groups (broad SMARTS) is 1. The number of carboxylic acids is 1. The molecule has 0 amide bonds. The quantitative estimate of drug-likeness (QED) is 0.555. The molecular weight excluding hydrogens is 182 g/mol. The maximum absolute atomic E-state index is 10.1. The minimum atomic E-state index is -0.987. The molecule has 0 heterocycles. The van der Waals surface area contributed by atoms with Gasteiger partial charge < -0.3 is 9.94 Å². The Morgan fingerprint density at radius 2 is 2.43 bits per heavy atom. The number of nitrogens with zero attached hydrogens (tertiary/aromatic N) is 1. The summed E-state index contributed by atoms with van der Waals surface area (Å²) in [5.74, 6) is 0.228. The molecule has 1 rings (SSSR count). The van der Waals surface area contributed by atoms with E-state index in [1.807, 2.05) is 0 Å². The van der Waals surface area contributed by atoms with Gasteiger partial charge in [-0.2, -0.15) is 0 Å². The van der Waals surface area contributed by atoms with Crippen molar-refractivity contribution >= 4 is 12.2 Å². The molecular formula is C10H17NO3. The summed E-state index contributed by atoms with van der Waals surface area (Å²) in [5, 5.41) is 12.0. The molecule has 0 aromatic heterocycles. The lowest BCUT2D eigenvalue weighted by Crippen LogP contribution is -2.14. The molecule has 0 aromatic carbocycles. The van der Waals surface area contributed by atoms with Crippen molar-refractivity contribution in [2.45, 2.75) is 32.6 Å². The first kappa shape index (κ1) is 11.0. The molecule has 4 heteroatoms. The maximum Gasteiger partial charge on any atom is 0.344 e. The van der Waals surface area contributed by atoms with Crippen LogP contribution in [0.2, 0.25) is 0 Å². The lowest BCUT2D eigenvalue weighted by Gasteiger charge is -2.23. The first-order valence-electron chi connectivity index (χ1n) is 5.05. The third kappa shape index (κ3) is 4.25. The molecule has 80 valence electrons. The van der Waals surface area contributed by atoms with Crippen LogP contribution in [0.1, 0.15) is 32.6 Å². The number of hydrogen-bond acceptors (Lipinski definition) is 3. The van der Waals surface area contributed by atoms with E-state index in [-0.39, 0.29) is 6.61 Å². The first-order chi connectivity index (χ1) is 6.68. The molecule has 1 N–H and O–H groups in total. The molecule has 0 aromatic rings. The fraction of sp³-hybridized carbons (Fsp3) is 0.800. The average molecular weight is 199 g/mol. The number of carbonyl (C=O) groups is 1. The predicted molar refractivity (Wildman–Crippen MR) is 53.2 cm³/mol. The van der Waals surface area contributed by atoms with Gasteiger partial charge in [0, 0.05) is 6.21 Å². The molecule has 1 fully saturated rings. The SMILES string of the molecule is CC1CCCC(C=NOCC(=O)O)C1. The highest BCUT2D eigenvalue weighted by atomic mass is 16.6. The van der Waals surface area contributed by atoms with Crippen molar-refractivity contribution in [3.63, 3.8) is 0 Å². The lowest BCUT2D eigenvalue weighted by atomic mass is 9.83. The summed E-state index contributed by atoms with van der Waals surface area (Å²) in [6.07, 6.45) is 6.56. The van der Waals surface area contributed by atoms with Crippen LogP contribution in [0, 0.1) is 11.8 Å². The van der Waals surface area contributed by atoms with Crippen LogP contribution in [-0.4, -0.2) is 23.9 Å². The van der Waals surface area contributed by atoms with Crippen molar-refractivity contribution in [1.82, 2.24) is 0 Å². The molecule has 4 nitrogen and oxygen atoms in total. The minimum Gasteiger partial charge on any atom is -0.479 e. The molecule has 0 aliphatic heterocycles. The summed E-state index contributed by atoms with van der Waals surface area (Å²) in [6.45, 7) is 1.89. The zero-order chi connectivity index (χ0) is 10.4. The molecule has 1 saturated carbocycles. The fourth-order valence-corrected chi connectivity index (χ4v) is 1.84. The van der Waals surface area contributed by atoms with Gasteiger partial charge in [-0.15, -0.1) is 0 Å². The van der Waals surface area contributed by atoms with Gasteiger partial charge in [0.05, 0.1) is 0 Å². The van der Waals surface area contributed by atoms with Crippen molar-refractivity contribution in [3.05, 3.63) is 0 Å². The highest BCUT2D eigenvalue weighted by Crippen LogP contribution is 2.27. The summed E-state index contributed by atoms with van der Waals surface area (Å²) in [5.41, 5.74) is 0. The van der Waals surface area contributed by atoms with Gasteiger partial charge >= 0.3 is 5.97 Å². The third-order valence-electron chi connectivity index (χ3n) is 2.51. The number of oxime groups is 1. The van der Waals surface area contributed by atoms with Crippen molar-refractivity contribution in [3.8, 4) is 0 Å². The van der Waals surface area contributed by atoms with Gasteiger partial charge in [0.25, 0.3) is 0 Å². The van der Waals surface area contributed by atoms with Crippen LogP contribution in [0.15, 0.2) is 5.16 Å². The van der Waals surface area contributed by atoms with E-state index in [0.29, 0.717) is 5.92 Å². The zero-order valence-electron chi connectivity index (χ0n) is 8.48. The van der Waals surface area contributed by atoms with E-state index in [9.17, 15) is 4.79 Å². The van der Waals surface area contributed by atoms with Crippen molar-refractivity contribution < 1.29 is 14.7 Å². The van der Waals surface area contributed by atoms with E-state index in [1.54, 1.807) is 6.21 Å². The van der Waals surface area contributed by atoms with Crippen LogP contribution < -0.4 is 0 Å². The zero-order valence-corrected chi connectivity index (χ0v) is 8.48. The Kier molecular flexibility index (Phi) is 4.43. The van der Waals surface area contributed by atoms with E-state index in [0.717, 1.165) is 18.8 Å². The summed E-state index contributed by atoms with van der Waals surface area (Å²) >= 11 is 0. The van der Waals surface area contributed by atoms with Gasteiger partial charge in [-0.05, 0) is 24.7 Å². The Morgan fingerprint density at radius 3 is 3.07 bits per heavy atom. The Balaban J connectivity index is 2.18. The van der Waals surface area contributed by atoms with Crippen LogP contribution in [0.4, 0.5) is 0 Å². The Hall–Kier alpha value is -1.06. The highest BCUT2D eigenvalue weighted by Gasteiger charge is 2.17. The predicted octanol–water partition coefficient (Wildman–Crippen LogP) is 1.90. The second kappa shape index (κ2) is 5.62. The Bertz CT molecular complexity index is 215. The third-order valence-corrected chi connectivity index (χ3v) is 2.51. The van der Waals surface area contributed by atoms with Gasteiger partial charge in [-0.1, -0.05) is 24.9 Å². The summed E-state index contributed by atoms with van der Waals surface area (Å²) in [6, 6.07) is 0. The molecule has 2 atom stereocenters. The number of aliphatic carboxylic acids is 1. The second-order valence-electron chi connectivity index (χ2n) is 3.95. The van der Waals surface area contributed by atoms with Crippen LogP contribution in [-0.2, 0) is 9.63 Å². The first-order valence-corrected chi connectivity index (χ1v) is 5.05. The van der Waals surface area contributed by atoms with Gasteiger partial charge in [0.2, 0.25) is 6.61 Å². The van der Waals surface area contributed by atoms with Crippen molar-refractivity contribution in [2.24, 2.45) is 17.0 Å². The van der Waals surface area contributed by atoms with Gasteiger partial charge in [0.1, 0.15) is 0 Å². The molecule has 14 heavy (non-hydrogen) atoms. The smallest absolute Gasteiger partial charge is 0.344 e. The molecule has 1 aliphatic carbocycles. The molecule has 0 spiro atoms. The second-order valence-corrected chi connectivity index (χ2v) is 3.95. The number of rotatable bonds is 4. The van der Waals surface area contributed by atoms with E-state index < -0.39 is 5.97 Å². The van der Waals surface area contributed by atoms with Crippen LogP contribution in [0.25, 0.3) is 0 Å². The van der Waals surface area contributed by atoms with E-state index in [4.69, 9.17) is 5.11 Å². The van der Waals surface area contributed by atoms with Crippen molar-refractivity contribution in [2.75, 3.05) is 6.61 Å². The summed E-state index contributed by atoms with van der Waals surface area (Å²) in [7, 11) is 0. The largest absolute Gasteiger partial charge is 0.479 e. The highest BCUT2D eigenvalue weighted by molar-refractivity contribution is 5.68. The summed E-state index contributed by atoms with van der Waals surface area (Å²) in [4.78, 5) is 14.7. The Morgan fingerprint density at radius 1 is 1.64 bits per heavy atom. The van der Waals surface area contributed by atoms with Gasteiger partial charge in [0.15, 0.2) is 0 Å². The minimum absolute atomic E-state index is 0.348. The van der Waals surface area contributed by atoms with Crippen molar-refractivity contribution in [1.29, 1.82) is 0 Å². The normalized spacial score (nSPS) is 27.8. The van der Waals surface area contributed by atoms with Crippen LogP contribution in [0.5, 0.6) is 0 Å². The van der Waals surface area contributed by atoms with Gasteiger partial charge in [-0.3, -0.25) is 0 Å². The van der Waals surface area contributed by atoms with E-state index >= 15 is 0 Å². The summed E-state index contributed by atoms with van der Waals surface area (Å²) < 4.78 is 0. The molecule has 1 aliphatic rings. The molecule has 0 bridgehead atoms. The fourth-order valence-electron chi connectivity index (χ4n) is 1.84. The van der Waals surface area contributed by atoms with Gasteiger partial charge in [-0.25, -0.2) is 4.79 Å².